The topological polar surface area (TPSA) is 107 Å². The van der Waals surface area contributed by atoms with Crippen LogP contribution in [0, 0.1) is 10.1 Å². The molecule has 8 heteroatoms. The SMILES string of the molecule is Nc1cc([N+](=O)[O-])cc(Nc2ccc3ncsc3c2)n1. The van der Waals surface area contributed by atoms with E-state index in [0.717, 1.165) is 15.9 Å². The van der Waals surface area contributed by atoms with Crippen LogP contribution in [-0.2, 0) is 0 Å². The summed E-state index contributed by atoms with van der Waals surface area (Å²) in [6.07, 6.45) is 0. The maximum Gasteiger partial charge on any atom is 0.276 e. The zero-order chi connectivity index (χ0) is 14.1. The Morgan fingerprint density at radius 2 is 2.15 bits per heavy atom. The summed E-state index contributed by atoms with van der Waals surface area (Å²) in [5.41, 5.74) is 8.91. The van der Waals surface area contributed by atoms with Crippen LogP contribution in [0.4, 0.5) is 23.0 Å². The first-order valence-electron chi connectivity index (χ1n) is 5.64. The van der Waals surface area contributed by atoms with Crippen LogP contribution in [0.25, 0.3) is 10.2 Å². The normalized spacial score (nSPS) is 10.6. The fraction of sp³-hybridized carbons (Fsp3) is 0. The molecule has 20 heavy (non-hydrogen) atoms. The second-order valence-electron chi connectivity index (χ2n) is 4.05. The molecule has 0 radical (unpaired) electrons. The smallest absolute Gasteiger partial charge is 0.276 e. The molecule has 3 aromatic rings. The van der Waals surface area contributed by atoms with Gasteiger partial charge in [0.15, 0.2) is 0 Å². The van der Waals surface area contributed by atoms with Gasteiger partial charge >= 0.3 is 0 Å². The van der Waals surface area contributed by atoms with Crippen LogP contribution in [0.3, 0.4) is 0 Å². The molecule has 3 N–H and O–H groups in total. The van der Waals surface area contributed by atoms with Gasteiger partial charge in [-0.05, 0) is 18.2 Å². The molecular weight excluding hydrogens is 278 g/mol. The standard InChI is InChI=1S/C12H9N5O2S/c13-11-4-8(17(18)19)5-12(16-11)15-7-1-2-9-10(3-7)20-6-14-9/h1-6H,(H3,13,15,16). The highest BCUT2D eigenvalue weighted by atomic mass is 32.1. The number of nitrogens with zero attached hydrogens (tertiary/aromatic N) is 3. The monoisotopic (exact) mass is 287 g/mol. The second kappa shape index (κ2) is 4.74. The third-order valence-electron chi connectivity index (χ3n) is 2.64. The first kappa shape index (κ1) is 12.3. The van der Waals surface area contributed by atoms with Crippen molar-refractivity contribution < 1.29 is 4.92 Å². The fourth-order valence-electron chi connectivity index (χ4n) is 1.79. The van der Waals surface area contributed by atoms with Crippen LogP contribution < -0.4 is 11.1 Å². The van der Waals surface area contributed by atoms with Gasteiger partial charge in [0.05, 0.1) is 32.8 Å². The molecule has 100 valence electrons. The number of aromatic nitrogens is 2. The number of rotatable bonds is 3. The molecule has 0 aliphatic rings. The summed E-state index contributed by atoms with van der Waals surface area (Å²) in [5, 5.41) is 13.8. The maximum absolute atomic E-state index is 10.8. The number of nitrogens with two attached hydrogens (primary N) is 1. The molecule has 2 aromatic heterocycles. The highest BCUT2D eigenvalue weighted by Gasteiger charge is 2.10. The molecule has 1 aromatic carbocycles. The van der Waals surface area contributed by atoms with Gasteiger partial charge in [0.25, 0.3) is 5.69 Å². The van der Waals surface area contributed by atoms with Crippen molar-refractivity contribution >= 4 is 44.6 Å². The highest BCUT2D eigenvalue weighted by Crippen LogP contribution is 2.26. The molecule has 7 nitrogen and oxygen atoms in total. The van der Waals surface area contributed by atoms with E-state index in [0.29, 0.717) is 5.82 Å². The molecule has 0 fully saturated rings. The van der Waals surface area contributed by atoms with Crippen LogP contribution in [-0.4, -0.2) is 14.9 Å². The Hall–Kier alpha value is -2.74. The number of thiazole rings is 1. The Morgan fingerprint density at radius 1 is 1.30 bits per heavy atom. The highest BCUT2D eigenvalue weighted by molar-refractivity contribution is 7.16. The lowest BCUT2D eigenvalue weighted by Crippen LogP contribution is -1.99. The number of benzene rings is 1. The predicted molar refractivity (Wildman–Crippen MR) is 78.2 cm³/mol. The molecule has 0 spiro atoms. The van der Waals surface area contributed by atoms with Gasteiger partial charge in [-0.15, -0.1) is 11.3 Å². The Bertz CT molecular complexity index is 801. The predicted octanol–water partition coefficient (Wildman–Crippen LogP) is 2.93. The van der Waals surface area contributed by atoms with E-state index in [4.69, 9.17) is 5.73 Å². The van der Waals surface area contributed by atoms with Crippen molar-refractivity contribution in [2.75, 3.05) is 11.1 Å². The number of pyridine rings is 1. The summed E-state index contributed by atoms with van der Waals surface area (Å²) in [4.78, 5) is 18.5. The second-order valence-corrected chi connectivity index (χ2v) is 4.94. The van der Waals surface area contributed by atoms with E-state index < -0.39 is 4.92 Å². The Morgan fingerprint density at radius 3 is 2.95 bits per heavy atom. The number of fused-ring (bicyclic) bond motifs is 1. The molecule has 0 atom stereocenters. The Balaban J connectivity index is 1.95. The van der Waals surface area contributed by atoms with Crippen molar-refractivity contribution in [1.82, 2.24) is 9.97 Å². The minimum Gasteiger partial charge on any atom is -0.383 e. The van der Waals surface area contributed by atoms with Crippen LogP contribution >= 0.6 is 11.3 Å². The van der Waals surface area contributed by atoms with Gasteiger partial charge in [0.2, 0.25) is 0 Å². The zero-order valence-electron chi connectivity index (χ0n) is 10.1. The van der Waals surface area contributed by atoms with Crippen molar-refractivity contribution in [3.05, 3.63) is 46.0 Å². The number of nitrogen functional groups attached to an aromatic ring is 1. The lowest BCUT2D eigenvalue weighted by atomic mass is 10.3. The molecule has 0 unspecified atom stereocenters. The van der Waals surface area contributed by atoms with E-state index >= 15 is 0 Å². The third kappa shape index (κ3) is 2.36. The minimum atomic E-state index is -0.504. The number of nitrogens with one attached hydrogen (secondary N) is 1. The van der Waals surface area contributed by atoms with Crippen molar-refractivity contribution in [2.45, 2.75) is 0 Å². The van der Waals surface area contributed by atoms with Gasteiger partial charge in [0.1, 0.15) is 11.6 Å². The number of hydrogen-bond acceptors (Lipinski definition) is 7. The Kier molecular flexibility index (Phi) is 2.92. The van der Waals surface area contributed by atoms with E-state index in [1.807, 2.05) is 18.2 Å². The summed E-state index contributed by atoms with van der Waals surface area (Å²) >= 11 is 1.52. The van der Waals surface area contributed by atoms with Gasteiger partial charge < -0.3 is 11.1 Å². The lowest BCUT2D eigenvalue weighted by molar-refractivity contribution is -0.384. The summed E-state index contributed by atoms with van der Waals surface area (Å²) in [6.45, 7) is 0. The van der Waals surface area contributed by atoms with Crippen LogP contribution in [0.5, 0.6) is 0 Å². The van der Waals surface area contributed by atoms with Crippen molar-refractivity contribution in [2.24, 2.45) is 0 Å². The van der Waals surface area contributed by atoms with Crippen LogP contribution in [0.1, 0.15) is 0 Å². The van der Waals surface area contributed by atoms with Gasteiger partial charge in [-0.1, -0.05) is 0 Å². The average molecular weight is 287 g/mol. The van der Waals surface area contributed by atoms with E-state index in [1.165, 1.54) is 23.5 Å². The number of nitro groups is 1. The minimum absolute atomic E-state index is 0.0977. The number of hydrogen-bond donors (Lipinski definition) is 2. The molecule has 0 aliphatic heterocycles. The fourth-order valence-corrected chi connectivity index (χ4v) is 2.50. The van der Waals surface area contributed by atoms with Gasteiger partial charge in [-0.3, -0.25) is 10.1 Å². The van der Waals surface area contributed by atoms with Crippen molar-refractivity contribution in [3.63, 3.8) is 0 Å². The van der Waals surface area contributed by atoms with Gasteiger partial charge in [-0.2, -0.15) is 0 Å². The van der Waals surface area contributed by atoms with E-state index in [1.54, 1.807) is 5.51 Å². The van der Waals surface area contributed by atoms with E-state index in [2.05, 4.69) is 15.3 Å². The first-order valence-corrected chi connectivity index (χ1v) is 6.52. The van der Waals surface area contributed by atoms with Crippen LogP contribution in [0.15, 0.2) is 35.8 Å². The summed E-state index contributed by atoms with van der Waals surface area (Å²) < 4.78 is 1.02. The maximum atomic E-state index is 10.8. The van der Waals surface area contributed by atoms with Crippen molar-refractivity contribution in [1.29, 1.82) is 0 Å². The molecule has 0 amide bonds. The molecule has 0 aliphatic carbocycles. The summed E-state index contributed by atoms with van der Waals surface area (Å²) in [5.74, 6) is 0.432. The van der Waals surface area contributed by atoms with Crippen LogP contribution in [0.2, 0.25) is 0 Å². The summed E-state index contributed by atoms with van der Waals surface area (Å²) in [6, 6.07) is 8.17. The van der Waals surface area contributed by atoms with Gasteiger partial charge in [0, 0.05) is 5.69 Å². The Labute approximate surface area is 117 Å². The largest absolute Gasteiger partial charge is 0.383 e. The average Bonchev–Trinajstić information content (AvgIpc) is 2.85. The first-order chi connectivity index (χ1) is 9.61. The molecule has 0 saturated heterocycles. The summed E-state index contributed by atoms with van der Waals surface area (Å²) in [7, 11) is 0. The quantitative estimate of drug-likeness (QED) is 0.566. The molecule has 2 heterocycles. The van der Waals surface area contributed by atoms with E-state index in [-0.39, 0.29) is 11.5 Å². The number of anilines is 3. The molecular formula is C12H9N5O2S. The van der Waals surface area contributed by atoms with Gasteiger partial charge in [-0.25, -0.2) is 9.97 Å². The van der Waals surface area contributed by atoms with E-state index in [9.17, 15) is 10.1 Å². The molecule has 0 bridgehead atoms. The van der Waals surface area contributed by atoms with Crippen molar-refractivity contribution in [3.8, 4) is 0 Å². The molecule has 0 saturated carbocycles. The lowest BCUT2D eigenvalue weighted by Gasteiger charge is -2.06. The zero-order valence-corrected chi connectivity index (χ0v) is 10.9. The molecule has 3 rings (SSSR count). The third-order valence-corrected chi connectivity index (χ3v) is 3.44.